The van der Waals surface area contributed by atoms with Crippen LogP contribution in [0.1, 0.15) is 57.1 Å². The summed E-state index contributed by atoms with van der Waals surface area (Å²) in [5.74, 6) is -0.545. The molecule has 0 saturated carbocycles. The van der Waals surface area contributed by atoms with Crippen LogP contribution in [0, 0.1) is 5.92 Å². The Morgan fingerprint density at radius 3 is 1.84 bits per heavy atom. The number of ketones is 1. The van der Waals surface area contributed by atoms with Gasteiger partial charge in [0.1, 0.15) is 5.78 Å². The number of carbonyl (C=O) groups is 3. The fraction of sp³-hybridized carbons (Fsp3) is 0.467. The average molecular weight is 508 g/mol. The summed E-state index contributed by atoms with van der Waals surface area (Å²) < 4.78 is 0.467. The zero-order valence-electron chi connectivity index (χ0n) is 23.1. The van der Waals surface area contributed by atoms with Crippen molar-refractivity contribution in [1.82, 2.24) is 10.3 Å². The fourth-order valence-corrected chi connectivity index (χ4v) is 4.21. The van der Waals surface area contributed by atoms with E-state index in [0.717, 1.165) is 17.5 Å². The number of quaternary nitrogens is 1. The number of carbonyl (C=O) groups excluding carboxylic acids is 3. The summed E-state index contributed by atoms with van der Waals surface area (Å²) in [6.07, 6.45) is 2.30. The molecule has 0 aliphatic rings. The largest absolute Gasteiger partial charge is 0.334 e. The zero-order chi connectivity index (χ0) is 27.3. The summed E-state index contributed by atoms with van der Waals surface area (Å²) in [6.45, 7) is 5.16. The molecule has 1 N–H and O–H groups in total. The van der Waals surface area contributed by atoms with Crippen LogP contribution in [0.25, 0.3) is 0 Å². The Morgan fingerprint density at radius 2 is 1.38 bits per heavy atom. The van der Waals surface area contributed by atoms with E-state index in [1.165, 1.54) is 0 Å². The van der Waals surface area contributed by atoms with Gasteiger partial charge in [0.2, 0.25) is 5.91 Å². The molecule has 0 bridgehead atoms. The van der Waals surface area contributed by atoms with Gasteiger partial charge in [-0.1, -0.05) is 74.5 Å². The molecule has 0 aliphatic carbocycles. The van der Waals surface area contributed by atoms with Gasteiger partial charge in [-0.2, -0.15) is 5.10 Å². The number of hydrazone groups is 1. The highest BCUT2D eigenvalue weighted by Gasteiger charge is 2.25. The minimum Gasteiger partial charge on any atom is -0.334 e. The Bertz CT molecular complexity index is 988. The molecule has 0 saturated heterocycles. The Labute approximate surface area is 222 Å². The number of benzene rings is 2. The quantitative estimate of drug-likeness (QED) is 0.218. The van der Waals surface area contributed by atoms with E-state index in [1.54, 1.807) is 0 Å². The van der Waals surface area contributed by atoms with Crippen LogP contribution < -0.4 is 5.43 Å². The number of Topliss-reactive ketones (excluding diaryl/α,β-unsaturated/α-hetero) is 1. The van der Waals surface area contributed by atoms with Crippen LogP contribution in [0.5, 0.6) is 0 Å². The number of nitrogens with zero attached hydrogens (tertiary/aromatic N) is 3. The molecule has 0 spiro atoms. The summed E-state index contributed by atoms with van der Waals surface area (Å²) in [4.78, 5) is 40.6. The molecule has 0 heterocycles. The lowest BCUT2D eigenvalue weighted by Gasteiger charge is -2.24. The van der Waals surface area contributed by atoms with E-state index < -0.39 is 5.92 Å². The number of nitrogens with one attached hydrogen (secondary N) is 1. The lowest BCUT2D eigenvalue weighted by molar-refractivity contribution is -0.862. The summed E-state index contributed by atoms with van der Waals surface area (Å²) in [7, 11) is 5.78. The molecular formula is C30H43N4O3+. The number of hydrogen-bond donors (Lipinski definition) is 1. The highest BCUT2D eigenvalue weighted by atomic mass is 16.2. The SMILES string of the molecule is CCCC(=O)[C@H](CC)/C(CCC(=O)N(Cc1ccccc1)Cc1ccccc1)=N\NC(=O)C[N+](C)(C)C. The maximum absolute atomic E-state index is 13.5. The average Bonchev–Trinajstić information content (AvgIpc) is 2.85. The van der Waals surface area contributed by atoms with Crippen molar-refractivity contribution in [1.29, 1.82) is 0 Å². The number of rotatable bonds is 15. The Balaban J connectivity index is 2.22. The minimum atomic E-state index is -0.408. The first-order valence-corrected chi connectivity index (χ1v) is 13.2. The predicted molar refractivity (Wildman–Crippen MR) is 149 cm³/mol. The van der Waals surface area contributed by atoms with Gasteiger partial charge in [-0.25, -0.2) is 5.43 Å². The van der Waals surface area contributed by atoms with E-state index >= 15 is 0 Å². The Hall–Kier alpha value is -3.32. The van der Waals surface area contributed by atoms with Gasteiger partial charge in [0, 0.05) is 31.6 Å². The Kier molecular flexibility index (Phi) is 12.2. The molecule has 0 radical (unpaired) electrons. The number of amides is 2. The highest BCUT2D eigenvalue weighted by Crippen LogP contribution is 2.17. The van der Waals surface area contributed by atoms with Gasteiger partial charge in [0.25, 0.3) is 5.91 Å². The Morgan fingerprint density at radius 1 is 0.838 bits per heavy atom. The van der Waals surface area contributed by atoms with Gasteiger partial charge < -0.3 is 9.38 Å². The number of hydrogen-bond acceptors (Lipinski definition) is 4. The van der Waals surface area contributed by atoms with Gasteiger partial charge in [-0.15, -0.1) is 0 Å². The second kappa shape index (κ2) is 15.1. The minimum absolute atomic E-state index is 0.0177. The van der Waals surface area contributed by atoms with Crippen LogP contribution in [0.2, 0.25) is 0 Å². The fourth-order valence-electron chi connectivity index (χ4n) is 4.21. The van der Waals surface area contributed by atoms with Crippen LogP contribution in [-0.2, 0) is 27.5 Å². The van der Waals surface area contributed by atoms with E-state index in [-0.39, 0.29) is 30.6 Å². The van der Waals surface area contributed by atoms with Crippen molar-refractivity contribution in [2.24, 2.45) is 11.0 Å². The van der Waals surface area contributed by atoms with Gasteiger partial charge in [-0.05, 0) is 30.4 Å². The molecule has 0 fully saturated rings. The lowest BCUT2D eigenvalue weighted by Crippen LogP contribution is -2.43. The predicted octanol–water partition coefficient (Wildman–Crippen LogP) is 4.57. The van der Waals surface area contributed by atoms with Crippen molar-refractivity contribution in [3.63, 3.8) is 0 Å². The third kappa shape index (κ3) is 11.1. The number of likely N-dealkylation sites (N-methyl/N-ethyl adjacent to an activating group) is 1. The van der Waals surface area contributed by atoms with Gasteiger partial charge >= 0.3 is 0 Å². The van der Waals surface area contributed by atoms with Crippen LogP contribution >= 0.6 is 0 Å². The molecule has 37 heavy (non-hydrogen) atoms. The molecule has 2 aromatic carbocycles. The van der Waals surface area contributed by atoms with Gasteiger partial charge in [0.05, 0.1) is 27.1 Å². The van der Waals surface area contributed by atoms with E-state index in [2.05, 4.69) is 10.5 Å². The normalized spacial score (nSPS) is 12.6. The maximum atomic E-state index is 13.5. The second-order valence-electron chi connectivity index (χ2n) is 10.5. The lowest BCUT2D eigenvalue weighted by atomic mass is 9.90. The molecule has 200 valence electrons. The van der Waals surface area contributed by atoms with Crippen molar-refractivity contribution in [2.75, 3.05) is 27.7 Å². The monoisotopic (exact) mass is 507 g/mol. The first-order valence-electron chi connectivity index (χ1n) is 13.2. The molecule has 0 aliphatic heterocycles. The van der Waals surface area contributed by atoms with Crippen LogP contribution in [0.4, 0.5) is 0 Å². The second-order valence-corrected chi connectivity index (χ2v) is 10.5. The van der Waals surface area contributed by atoms with Crippen molar-refractivity contribution in [3.8, 4) is 0 Å². The van der Waals surface area contributed by atoms with E-state index in [4.69, 9.17) is 0 Å². The van der Waals surface area contributed by atoms with Gasteiger partial charge in [-0.3, -0.25) is 14.4 Å². The van der Waals surface area contributed by atoms with E-state index in [9.17, 15) is 14.4 Å². The van der Waals surface area contributed by atoms with Crippen LogP contribution in [0.3, 0.4) is 0 Å². The molecule has 7 nitrogen and oxygen atoms in total. The third-order valence-corrected chi connectivity index (χ3v) is 6.02. The molecule has 2 aromatic rings. The van der Waals surface area contributed by atoms with E-state index in [1.807, 2.05) is 101 Å². The molecule has 0 aromatic heterocycles. The molecule has 2 rings (SSSR count). The van der Waals surface area contributed by atoms with Crippen molar-refractivity contribution in [2.45, 2.75) is 59.0 Å². The molecule has 1 atom stereocenters. The standard InChI is InChI=1S/C30H42N4O3/c1-6-14-28(35)26(7-2)27(31-32-29(36)23-34(3,4)5)19-20-30(37)33(21-24-15-10-8-11-16-24)22-25-17-12-9-13-18-25/h8-13,15-18,26H,6-7,14,19-23H2,1-5H3/p+1/b31-27-/t26-/m1/s1. The topological polar surface area (TPSA) is 78.8 Å². The first-order chi connectivity index (χ1) is 17.6. The van der Waals surface area contributed by atoms with Crippen molar-refractivity contribution in [3.05, 3.63) is 71.8 Å². The highest BCUT2D eigenvalue weighted by molar-refractivity contribution is 6.06. The first kappa shape index (κ1) is 29.9. The summed E-state index contributed by atoms with van der Waals surface area (Å²) in [5, 5.41) is 4.40. The summed E-state index contributed by atoms with van der Waals surface area (Å²) in [5.41, 5.74) is 5.32. The molecular weight excluding hydrogens is 464 g/mol. The van der Waals surface area contributed by atoms with Crippen LogP contribution in [-0.4, -0.2) is 60.4 Å². The van der Waals surface area contributed by atoms with Crippen molar-refractivity contribution >= 4 is 23.3 Å². The van der Waals surface area contributed by atoms with E-state index in [0.29, 0.717) is 42.5 Å². The van der Waals surface area contributed by atoms with Gasteiger partial charge in [0.15, 0.2) is 6.54 Å². The van der Waals surface area contributed by atoms with Crippen molar-refractivity contribution < 1.29 is 18.9 Å². The zero-order valence-corrected chi connectivity index (χ0v) is 23.1. The molecule has 7 heteroatoms. The third-order valence-electron chi connectivity index (χ3n) is 6.02. The smallest absolute Gasteiger partial charge is 0.295 e. The molecule has 0 unspecified atom stereocenters. The summed E-state index contributed by atoms with van der Waals surface area (Å²) in [6, 6.07) is 19.8. The molecule has 2 amide bonds. The van der Waals surface area contributed by atoms with Crippen LogP contribution in [0.15, 0.2) is 65.8 Å². The maximum Gasteiger partial charge on any atom is 0.295 e. The summed E-state index contributed by atoms with van der Waals surface area (Å²) >= 11 is 0.